The maximum atomic E-state index is 12.7. The smallest absolute Gasteiger partial charge is 0.366 e. The summed E-state index contributed by atoms with van der Waals surface area (Å²) in [6.45, 7) is -1.84. The zero-order valence-electron chi connectivity index (χ0n) is 10.6. The largest absolute Gasteiger partial charge is 0.416 e. The number of halogens is 3. The number of hydrogen-bond donors (Lipinski definition) is 2. The van der Waals surface area contributed by atoms with E-state index in [0.717, 1.165) is 12.1 Å². The lowest BCUT2D eigenvalue weighted by Gasteiger charge is -2.09. The highest BCUT2D eigenvalue weighted by Crippen LogP contribution is 2.31. The first-order chi connectivity index (χ1) is 9.86. The molecule has 7 heteroatoms. The number of aliphatic hydroxyl groups is 2. The van der Waals surface area contributed by atoms with Crippen molar-refractivity contribution in [3.63, 3.8) is 0 Å². The van der Waals surface area contributed by atoms with E-state index >= 15 is 0 Å². The second-order valence-electron chi connectivity index (χ2n) is 4.20. The molecule has 2 aromatic rings. The average Bonchev–Trinajstić information content (AvgIpc) is 2.45. The van der Waals surface area contributed by atoms with Crippen LogP contribution in [0.15, 0.2) is 48.5 Å². The van der Waals surface area contributed by atoms with Gasteiger partial charge < -0.3 is 14.6 Å². The summed E-state index contributed by atoms with van der Waals surface area (Å²) in [6, 6.07) is 11.7. The molecule has 0 saturated carbocycles. The van der Waals surface area contributed by atoms with E-state index in [4.69, 9.17) is 10.2 Å². The van der Waals surface area contributed by atoms with Gasteiger partial charge in [0.15, 0.2) is 0 Å². The van der Waals surface area contributed by atoms with Crippen LogP contribution in [0.4, 0.5) is 13.2 Å². The summed E-state index contributed by atoms with van der Waals surface area (Å²) >= 11 is 0. The third kappa shape index (κ3) is 4.40. The molecule has 2 aromatic carbocycles. The van der Waals surface area contributed by atoms with E-state index in [1.54, 1.807) is 30.3 Å². The lowest BCUT2D eigenvalue weighted by molar-refractivity contribution is -0.179. The molecule has 2 N–H and O–H groups in total. The van der Waals surface area contributed by atoms with Gasteiger partial charge in [0.25, 0.3) is 16.2 Å². The van der Waals surface area contributed by atoms with Crippen LogP contribution in [0, 0.1) is 0 Å². The van der Waals surface area contributed by atoms with Gasteiger partial charge in [0, 0.05) is 0 Å². The summed E-state index contributed by atoms with van der Waals surface area (Å²) in [5.41, 5.74) is 0.403. The third-order valence-corrected chi connectivity index (χ3v) is 3.59. The van der Waals surface area contributed by atoms with Crippen LogP contribution in [0.3, 0.4) is 0 Å². The van der Waals surface area contributed by atoms with Gasteiger partial charge in [-0.2, -0.15) is 13.2 Å². The van der Waals surface area contributed by atoms with Gasteiger partial charge in [-0.25, -0.2) is 0 Å². The van der Waals surface area contributed by atoms with Crippen LogP contribution in [0.25, 0.3) is 11.1 Å². The van der Waals surface area contributed by atoms with Gasteiger partial charge in [0.1, 0.15) is 0 Å². The fourth-order valence-electron chi connectivity index (χ4n) is 1.73. The molecule has 0 aliphatic carbocycles. The fraction of sp³-hybridized carbons (Fsp3) is 0.143. The molecule has 0 atom stereocenters. The van der Waals surface area contributed by atoms with Crippen molar-refractivity contribution in [1.29, 1.82) is 0 Å². The van der Waals surface area contributed by atoms with Crippen LogP contribution >= 0.6 is 0 Å². The first kappa shape index (κ1) is 15.7. The molecule has 2 radical (unpaired) electrons. The molecule has 0 aliphatic heterocycles. The minimum atomic E-state index is -4.37. The molecule has 3 nitrogen and oxygen atoms in total. The summed E-state index contributed by atoms with van der Waals surface area (Å²) in [4.78, 5) is 0. The van der Waals surface area contributed by atoms with E-state index in [1.165, 1.54) is 6.07 Å². The number of benzene rings is 2. The van der Waals surface area contributed by atoms with E-state index in [1.807, 2.05) is 0 Å². The van der Waals surface area contributed by atoms with Crippen LogP contribution in [0.2, 0.25) is 0 Å². The van der Waals surface area contributed by atoms with Gasteiger partial charge in [0.05, 0.1) is 5.56 Å². The SMILES string of the molecule is OC(O)O[Si]c1ccc(-c2cccc(C(F)(F)F)c2)cc1. The number of alkyl halides is 3. The van der Waals surface area contributed by atoms with Crippen LogP contribution in [0.1, 0.15) is 5.56 Å². The maximum absolute atomic E-state index is 12.7. The van der Waals surface area contributed by atoms with Gasteiger partial charge in [-0.3, -0.25) is 0 Å². The Morgan fingerprint density at radius 3 is 2.19 bits per heavy atom. The highest BCUT2D eigenvalue weighted by Gasteiger charge is 2.30. The Balaban J connectivity index is 2.19. The van der Waals surface area contributed by atoms with Crippen molar-refractivity contribution in [3.8, 4) is 11.1 Å². The van der Waals surface area contributed by atoms with Crippen LogP contribution in [-0.2, 0) is 10.6 Å². The molecule has 0 saturated heterocycles. The van der Waals surface area contributed by atoms with Crippen molar-refractivity contribution in [2.45, 2.75) is 12.7 Å². The summed E-state index contributed by atoms with van der Waals surface area (Å²) in [6.07, 6.45) is -4.37. The zero-order chi connectivity index (χ0) is 15.5. The maximum Gasteiger partial charge on any atom is 0.416 e. The molecular formula is C14H11F3O3Si. The second kappa shape index (κ2) is 6.40. The minimum absolute atomic E-state index is 0.253. The third-order valence-electron chi connectivity index (χ3n) is 2.69. The highest BCUT2D eigenvalue weighted by atomic mass is 28.2. The Morgan fingerprint density at radius 1 is 0.952 bits per heavy atom. The lowest BCUT2D eigenvalue weighted by atomic mass is 10.0. The van der Waals surface area contributed by atoms with E-state index < -0.39 is 18.2 Å². The molecule has 0 bridgehead atoms. The summed E-state index contributed by atoms with van der Waals surface area (Å²) in [5, 5.41) is 17.9. The van der Waals surface area contributed by atoms with Crippen molar-refractivity contribution in [3.05, 3.63) is 54.1 Å². The summed E-state index contributed by atoms with van der Waals surface area (Å²) in [5.74, 6) is 0. The van der Waals surface area contributed by atoms with Crippen molar-refractivity contribution < 1.29 is 27.8 Å². The average molecular weight is 312 g/mol. The van der Waals surface area contributed by atoms with Gasteiger partial charge in [-0.05, 0) is 28.4 Å². The Morgan fingerprint density at radius 2 is 1.62 bits per heavy atom. The fourth-order valence-corrected chi connectivity index (χ4v) is 2.27. The second-order valence-corrected chi connectivity index (χ2v) is 5.22. The number of rotatable bonds is 4. The Kier molecular flexibility index (Phi) is 4.79. The monoisotopic (exact) mass is 312 g/mol. The first-order valence-corrected chi connectivity index (χ1v) is 6.82. The predicted octanol–water partition coefficient (Wildman–Crippen LogP) is 1.90. The van der Waals surface area contributed by atoms with Gasteiger partial charge in [0.2, 0.25) is 0 Å². The Bertz CT molecular complexity index is 597. The molecule has 0 heterocycles. The quantitative estimate of drug-likeness (QED) is 0.670. The van der Waals surface area contributed by atoms with Gasteiger partial charge in [-0.15, -0.1) is 0 Å². The standard InChI is InChI=1S/C14H11F3O3Si/c15-14(16,17)11-3-1-2-10(8-11)9-4-6-12(7-5-9)21-20-13(18)19/h1-8,13,18-19H. The minimum Gasteiger partial charge on any atom is -0.366 e. The molecule has 0 unspecified atom stereocenters. The molecule has 21 heavy (non-hydrogen) atoms. The molecule has 2 rings (SSSR count). The van der Waals surface area contributed by atoms with Gasteiger partial charge in [-0.1, -0.05) is 36.4 Å². The molecule has 0 amide bonds. The van der Waals surface area contributed by atoms with Crippen molar-refractivity contribution in [2.24, 2.45) is 0 Å². The van der Waals surface area contributed by atoms with Crippen LogP contribution < -0.4 is 5.19 Å². The number of aliphatic hydroxyl groups excluding tert-OH is 1. The molecule has 0 fully saturated rings. The molecular weight excluding hydrogens is 301 g/mol. The lowest BCUT2D eigenvalue weighted by Crippen LogP contribution is -2.23. The first-order valence-electron chi connectivity index (χ1n) is 5.92. The molecule has 110 valence electrons. The molecule has 0 spiro atoms. The van der Waals surface area contributed by atoms with Crippen molar-refractivity contribution in [1.82, 2.24) is 0 Å². The summed E-state index contributed by atoms with van der Waals surface area (Å²) < 4.78 is 42.6. The number of hydrogen-bond acceptors (Lipinski definition) is 3. The molecule has 0 aromatic heterocycles. The van der Waals surface area contributed by atoms with E-state index in [9.17, 15) is 13.2 Å². The topological polar surface area (TPSA) is 49.7 Å². The highest BCUT2D eigenvalue weighted by molar-refractivity contribution is 6.46. The predicted molar refractivity (Wildman–Crippen MR) is 71.6 cm³/mol. The van der Waals surface area contributed by atoms with Gasteiger partial charge >= 0.3 is 6.18 Å². The van der Waals surface area contributed by atoms with E-state index in [-0.39, 0.29) is 9.76 Å². The van der Waals surface area contributed by atoms with Crippen LogP contribution in [0.5, 0.6) is 0 Å². The molecule has 0 aliphatic rings. The van der Waals surface area contributed by atoms with E-state index in [0.29, 0.717) is 16.3 Å². The Hall–Kier alpha value is -1.67. The zero-order valence-corrected chi connectivity index (χ0v) is 11.6. The van der Waals surface area contributed by atoms with Crippen LogP contribution in [-0.4, -0.2) is 26.5 Å². The summed E-state index contributed by atoms with van der Waals surface area (Å²) in [7, 11) is -0.253. The van der Waals surface area contributed by atoms with E-state index in [2.05, 4.69) is 4.43 Å². The Labute approximate surface area is 121 Å². The normalized spacial score (nSPS) is 11.9. The van der Waals surface area contributed by atoms with Crippen molar-refractivity contribution in [2.75, 3.05) is 0 Å². The van der Waals surface area contributed by atoms with Crippen molar-refractivity contribution >= 4 is 14.9 Å².